The third-order valence-corrected chi connectivity index (χ3v) is 5.51. The van der Waals surface area contributed by atoms with E-state index in [9.17, 15) is 4.79 Å². The van der Waals surface area contributed by atoms with Crippen LogP contribution in [0.15, 0.2) is 24.3 Å². The highest BCUT2D eigenvalue weighted by Crippen LogP contribution is 2.33. The van der Waals surface area contributed by atoms with Gasteiger partial charge in [-0.15, -0.1) is 0 Å². The Morgan fingerprint density at radius 1 is 0.846 bits per heavy atom. The lowest BCUT2D eigenvalue weighted by Crippen LogP contribution is -2.04. The SMILES string of the molecule is O=C(O)CCCCCCCCCCOc1ccc(C2CCCCC2)cc1. The van der Waals surface area contributed by atoms with Crippen molar-refractivity contribution < 1.29 is 14.6 Å². The molecule has 0 bridgehead atoms. The third-order valence-electron chi connectivity index (χ3n) is 5.51. The van der Waals surface area contributed by atoms with Crippen LogP contribution in [-0.2, 0) is 4.79 Å². The first-order chi connectivity index (χ1) is 12.8. The first-order valence-electron chi connectivity index (χ1n) is 10.7. The summed E-state index contributed by atoms with van der Waals surface area (Å²) in [6.45, 7) is 0.807. The van der Waals surface area contributed by atoms with Crippen molar-refractivity contribution in [3.05, 3.63) is 29.8 Å². The Bertz CT molecular complexity index is 489. The zero-order valence-electron chi connectivity index (χ0n) is 16.3. The van der Waals surface area contributed by atoms with Crippen LogP contribution in [0, 0.1) is 0 Å². The Hall–Kier alpha value is -1.51. The molecule has 0 radical (unpaired) electrons. The van der Waals surface area contributed by atoms with Crippen molar-refractivity contribution in [1.82, 2.24) is 0 Å². The number of carboxylic acids is 1. The van der Waals surface area contributed by atoms with E-state index in [4.69, 9.17) is 9.84 Å². The van der Waals surface area contributed by atoms with Crippen LogP contribution in [0.5, 0.6) is 5.75 Å². The van der Waals surface area contributed by atoms with E-state index in [1.54, 1.807) is 0 Å². The summed E-state index contributed by atoms with van der Waals surface area (Å²) in [4.78, 5) is 10.4. The van der Waals surface area contributed by atoms with Gasteiger partial charge in [0, 0.05) is 6.42 Å². The smallest absolute Gasteiger partial charge is 0.303 e. The first-order valence-corrected chi connectivity index (χ1v) is 10.7. The number of unbranched alkanes of at least 4 members (excludes halogenated alkanes) is 7. The maximum atomic E-state index is 10.4. The highest BCUT2D eigenvalue weighted by molar-refractivity contribution is 5.66. The van der Waals surface area contributed by atoms with E-state index >= 15 is 0 Å². The van der Waals surface area contributed by atoms with E-state index in [2.05, 4.69) is 24.3 Å². The Labute approximate surface area is 159 Å². The van der Waals surface area contributed by atoms with E-state index in [0.29, 0.717) is 6.42 Å². The predicted octanol–water partition coefficient (Wildman–Crippen LogP) is 6.71. The van der Waals surface area contributed by atoms with Crippen molar-refractivity contribution in [3.63, 3.8) is 0 Å². The second kappa shape index (κ2) is 12.8. The maximum Gasteiger partial charge on any atom is 0.303 e. The van der Waals surface area contributed by atoms with Crippen LogP contribution >= 0.6 is 0 Å². The number of ether oxygens (including phenoxy) is 1. The van der Waals surface area contributed by atoms with Gasteiger partial charge in [-0.3, -0.25) is 4.79 Å². The summed E-state index contributed by atoms with van der Waals surface area (Å²) in [5.74, 6) is 1.10. The summed E-state index contributed by atoms with van der Waals surface area (Å²) in [5.41, 5.74) is 1.49. The molecule has 1 aliphatic rings. The van der Waals surface area contributed by atoms with Crippen molar-refractivity contribution >= 4 is 5.97 Å². The molecule has 1 fully saturated rings. The number of aliphatic carboxylic acids is 1. The van der Waals surface area contributed by atoms with E-state index in [-0.39, 0.29) is 0 Å². The number of hydrogen-bond donors (Lipinski definition) is 1. The van der Waals surface area contributed by atoms with Gasteiger partial charge in [-0.2, -0.15) is 0 Å². The fraction of sp³-hybridized carbons (Fsp3) is 0.696. The summed E-state index contributed by atoms with van der Waals surface area (Å²) >= 11 is 0. The van der Waals surface area contributed by atoms with Crippen molar-refractivity contribution in [2.45, 2.75) is 95.8 Å². The van der Waals surface area contributed by atoms with Crippen LogP contribution in [0.1, 0.15) is 101 Å². The van der Waals surface area contributed by atoms with Gasteiger partial charge in [0.1, 0.15) is 5.75 Å². The van der Waals surface area contributed by atoms with Crippen molar-refractivity contribution in [2.75, 3.05) is 6.61 Å². The summed E-state index contributed by atoms with van der Waals surface area (Å²) in [6, 6.07) is 8.80. The summed E-state index contributed by atoms with van der Waals surface area (Å²) in [6.07, 6.45) is 16.3. The summed E-state index contributed by atoms with van der Waals surface area (Å²) in [5, 5.41) is 8.58. The minimum Gasteiger partial charge on any atom is -0.494 e. The van der Waals surface area contributed by atoms with Crippen LogP contribution in [0.3, 0.4) is 0 Å². The third kappa shape index (κ3) is 8.73. The molecular formula is C23H36O3. The second-order valence-corrected chi connectivity index (χ2v) is 7.72. The van der Waals surface area contributed by atoms with Crippen LogP contribution in [0.4, 0.5) is 0 Å². The number of rotatable bonds is 13. The second-order valence-electron chi connectivity index (χ2n) is 7.72. The van der Waals surface area contributed by atoms with Gasteiger partial charge in [-0.1, -0.05) is 69.9 Å². The van der Waals surface area contributed by atoms with Crippen molar-refractivity contribution in [1.29, 1.82) is 0 Å². The highest BCUT2D eigenvalue weighted by atomic mass is 16.5. The van der Waals surface area contributed by atoms with E-state index in [0.717, 1.165) is 44.0 Å². The van der Waals surface area contributed by atoms with Crippen LogP contribution in [-0.4, -0.2) is 17.7 Å². The van der Waals surface area contributed by atoms with Gasteiger partial charge in [0.25, 0.3) is 0 Å². The van der Waals surface area contributed by atoms with E-state index < -0.39 is 5.97 Å². The Morgan fingerprint density at radius 3 is 2.04 bits per heavy atom. The standard InChI is InChI=1S/C23H36O3/c24-23(25)14-10-5-3-1-2-4-6-11-19-26-22-17-15-21(16-18-22)20-12-8-7-9-13-20/h15-18,20H,1-14,19H2,(H,24,25). The lowest BCUT2D eigenvalue weighted by Gasteiger charge is -2.22. The Kier molecular flexibility index (Phi) is 10.2. The molecule has 0 spiro atoms. The molecule has 3 heteroatoms. The first kappa shape index (κ1) is 20.8. The Balaban J connectivity index is 1.45. The van der Waals surface area contributed by atoms with E-state index in [1.807, 2.05) is 0 Å². The topological polar surface area (TPSA) is 46.5 Å². The molecule has 3 nitrogen and oxygen atoms in total. The predicted molar refractivity (Wildman–Crippen MR) is 107 cm³/mol. The zero-order valence-corrected chi connectivity index (χ0v) is 16.3. The number of carbonyl (C=O) groups is 1. The van der Waals surface area contributed by atoms with Crippen LogP contribution in [0.2, 0.25) is 0 Å². The van der Waals surface area contributed by atoms with Crippen LogP contribution in [0.25, 0.3) is 0 Å². The van der Waals surface area contributed by atoms with Gasteiger partial charge in [-0.05, 0) is 49.3 Å². The minimum absolute atomic E-state index is 0.318. The van der Waals surface area contributed by atoms with Gasteiger partial charge in [0.2, 0.25) is 0 Å². The largest absolute Gasteiger partial charge is 0.494 e. The molecule has 2 rings (SSSR count). The number of carboxylic acid groups (broad SMARTS) is 1. The van der Waals surface area contributed by atoms with Crippen LogP contribution < -0.4 is 4.74 Å². The average Bonchev–Trinajstić information content (AvgIpc) is 2.67. The molecule has 1 N–H and O–H groups in total. The highest BCUT2D eigenvalue weighted by Gasteiger charge is 2.15. The Morgan fingerprint density at radius 2 is 1.42 bits per heavy atom. The summed E-state index contributed by atoms with van der Waals surface area (Å²) in [7, 11) is 0. The molecule has 0 amide bonds. The van der Waals surface area contributed by atoms with Gasteiger partial charge < -0.3 is 9.84 Å². The molecule has 1 aliphatic carbocycles. The van der Waals surface area contributed by atoms with Crippen molar-refractivity contribution in [3.8, 4) is 5.75 Å². The molecule has 0 saturated heterocycles. The lowest BCUT2D eigenvalue weighted by molar-refractivity contribution is -0.137. The molecular weight excluding hydrogens is 324 g/mol. The molecule has 146 valence electrons. The van der Waals surface area contributed by atoms with Gasteiger partial charge in [-0.25, -0.2) is 0 Å². The summed E-state index contributed by atoms with van der Waals surface area (Å²) < 4.78 is 5.87. The van der Waals surface area contributed by atoms with Gasteiger partial charge in [0.05, 0.1) is 6.61 Å². The molecule has 0 unspecified atom stereocenters. The monoisotopic (exact) mass is 360 g/mol. The lowest BCUT2D eigenvalue weighted by atomic mass is 9.84. The molecule has 1 saturated carbocycles. The zero-order chi connectivity index (χ0) is 18.5. The maximum absolute atomic E-state index is 10.4. The number of hydrogen-bond acceptors (Lipinski definition) is 2. The van der Waals surface area contributed by atoms with Gasteiger partial charge >= 0.3 is 5.97 Å². The molecule has 0 aromatic heterocycles. The van der Waals surface area contributed by atoms with Crippen molar-refractivity contribution in [2.24, 2.45) is 0 Å². The fourth-order valence-corrected chi connectivity index (χ4v) is 3.90. The molecule has 0 heterocycles. The van der Waals surface area contributed by atoms with E-state index in [1.165, 1.54) is 63.4 Å². The number of benzene rings is 1. The fourth-order valence-electron chi connectivity index (χ4n) is 3.90. The molecule has 1 aromatic rings. The normalized spacial score (nSPS) is 15.1. The molecule has 0 atom stereocenters. The quantitative estimate of drug-likeness (QED) is 0.398. The molecule has 26 heavy (non-hydrogen) atoms. The molecule has 1 aromatic carbocycles. The molecule has 0 aliphatic heterocycles. The average molecular weight is 361 g/mol. The minimum atomic E-state index is -0.673. The van der Waals surface area contributed by atoms with Gasteiger partial charge in [0.15, 0.2) is 0 Å².